The summed E-state index contributed by atoms with van der Waals surface area (Å²) in [5, 5.41) is 3.53. The highest BCUT2D eigenvalue weighted by Crippen LogP contribution is 2.28. The van der Waals surface area contributed by atoms with Crippen LogP contribution in [0.2, 0.25) is 5.15 Å². The van der Waals surface area contributed by atoms with Gasteiger partial charge in [0.15, 0.2) is 0 Å². The number of nitrogens with zero attached hydrogens (tertiary/aromatic N) is 2. The molecule has 0 aliphatic carbocycles. The average Bonchev–Trinajstić information content (AvgIpc) is 2.29. The maximum absolute atomic E-state index is 6.03. The van der Waals surface area contributed by atoms with Gasteiger partial charge in [0.25, 0.3) is 0 Å². The Balaban J connectivity index is 2.58. The Morgan fingerprint density at radius 3 is 2.75 bits per heavy atom. The Bertz CT molecular complexity index is 697. The van der Waals surface area contributed by atoms with Crippen LogP contribution in [0.4, 0.5) is 0 Å². The van der Waals surface area contributed by atoms with Crippen LogP contribution in [0.3, 0.4) is 0 Å². The van der Waals surface area contributed by atoms with Crippen LogP contribution in [0.15, 0.2) is 41.1 Å². The molecule has 78 valence electrons. The summed E-state index contributed by atoms with van der Waals surface area (Å²) in [4.78, 5) is 8.42. The minimum Gasteiger partial charge on any atom is -0.255 e. The molecule has 16 heavy (non-hydrogen) atoms. The molecule has 0 fully saturated rings. The minimum absolute atomic E-state index is 0.492. The molecule has 0 spiro atoms. The zero-order valence-electron chi connectivity index (χ0n) is 8.11. The number of pyridine rings is 2. The van der Waals surface area contributed by atoms with Crippen LogP contribution < -0.4 is 0 Å². The Kier molecular flexibility index (Phi) is 2.30. The van der Waals surface area contributed by atoms with Gasteiger partial charge in [-0.05, 0) is 29.7 Å². The zero-order chi connectivity index (χ0) is 11.1. The van der Waals surface area contributed by atoms with Gasteiger partial charge in [-0.15, -0.1) is 0 Å². The number of hydrogen-bond acceptors (Lipinski definition) is 2. The minimum atomic E-state index is 0.492. The molecule has 0 aliphatic heterocycles. The van der Waals surface area contributed by atoms with E-state index >= 15 is 0 Å². The van der Waals surface area contributed by atoms with Crippen LogP contribution in [0.1, 0.15) is 0 Å². The number of rotatable bonds is 0. The third-order valence-electron chi connectivity index (χ3n) is 2.52. The monoisotopic (exact) mass is 292 g/mol. The summed E-state index contributed by atoms with van der Waals surface area (Å²) in [6.07, 6.45) is 3.48. The smallest absolute Gasteiger partial charge is 0.138 e. The lowest BCUT2D eigenvalue weighted by Crippen LogP contribution is -1.84. The topological polar surface area (TPSA) is 25.8 Å². The van der Waals surface area contributed by atoms with E-state index in [2.05, 4.69) is 25.9 Å². The van der Waals surface area contributed by atoms with Crippen molar-refractivity contribution in [1.82, 2.24) is 9.97 Å². The SMILES string of the molecule is Clc1nccc2c1cnc1ccc(Br)cc12. The molecule has 0 bridgehead atoms. The summed E-state index contributed by atoms with van der Waals surface area (Å²) in [5.74, 6) is 0. The molecule has 0 N–H and O–H groups in total. The van der Waals surface area contributed by atoms with Crippen LogP contribution >= 0.6 is 27.5 Å². The molecule has 4 heteroatoms. The molecule has 0 radical (unpaired) electrons. The fourth-order valence-corrected chi connectivity index (χ4v) is 2.34. The Morgan fingerprint density at radius 1 is 1.00 bits per heavy atom. The summed E-state index contributed by atoms with van der Waals surface area (Å²) in [5.41, 5.74) is 0.956. The molecule has 2 heterocycles. The van der Waals surface area contributed by atoms with E-state index in [4.69, 9.17) is 11.6 Å². The first-order valence-electron chi connectivity index (χ1n) is 4.74. The summed E-state index contributed by atoms with van der Waals surface area (Å²) >= 11 is 9.49. The van der Waals surface area contributed by atoms with Crippen molar-refractivity contribution in [3.05, 3.63) is 46.3 Å². The van der Waals surface area contributed by atoms with Gasteiger partial charge >= 0.3 is 0 Å². The van der Waals surface area contributed by atoms with Gasteiger partial charge < -0.3 is 0 Å². The molecule has 2 nitrogen and oxygen atoms in total. The molecule has 1 aromatic carbocycles. The Morgan fingerprint density at radius 2 is 1.88 bits per heavy atom. The second-order valence-electron chi connectivity index (χ2n) is 3.48. The van der Waals surface area contributed by atoms with Crippen LogP contribution in [0.5, 0.6) is 0 Å². The van der Waals surface area contributed by atoms with Crippen molar-refractivity contribution in [2.45, 2.75) is 0 Å². The van der Waals surface area contributed by atoms with Crippen LogP contribution in [-0.4, -0.2) is 9.97 Å². The predicted molar refractivity (Wildman–Crippen MR) is 69.8 cm³/mol. The Labute approximate surface area is 105 Å². The van der Waals surface area contributed by atoms with Gasteiger partial charge in [-0.2, -0.15) is 0 Å². The predicted octanol–water partition coefficient (Wildman–Crippen LogP) is 4.20. The maximum Gasteiger partial charge on any atom is 0.138 e. The second-order valence-corrected chi connectivity index (χ2v) is 4.76. The van der Waals surface area contributed by atoms with E-state index in [0.29, 0.717) is 5.15 Å². The lowest BCUT2D eigenvalue weighted by Gasteiger charge is -2.04. The highest BCUT2D eigenvalue weighted by molar-refractivity contribution is 9.10. The fourth-order valence-electron chi connectivity index (χ4n) is 1.78. The molecule has 0 atom stereocenters. The number of aromatic nitrogens is 2. The summed E-state index contributed by atoms with van der Waals surface area (Å²) in [6.45, 7) is 0. The summed E-state index contributed by atoms with van der Waals surface area (Å²) in [7, 11) is 0. The normalized spacial score (nSPS) is 11.1. The van der Waals surface area contributed by atoms with Crippen molar-refractivity contribution in [2.24, 2.45) is 0 Å². The first kappa shape index (κ1) is 10.00. The first-order valence-corrected chi connectivity index (χ1v) is 5.91. The standard InChI is InChI=1S/C12H6BrClN2/c13-7-1-2-11-9(5-7)8-3-4-15-12(14)10(8)6-16-11/h1-6H. The fraction of sp³-hybridized carbons (Fsp3) is 0. The summed E-state index contributed by atoms with van der Waals surface area (Å²) < 4.78 is 1.03. The number of hydrogen-bond donors (Lipinski definition) is 0. The zero-order valence-corrected chi connectivity index (χ0v) is 10.5. The van der Waals surface area contributed by atoms with Gasteiger partial charge in [0.2, 0.25) is 0 Å². The molecule has 0 saturated heterocycles. The van der Waals surface area contributed by atoms with Crippen LogP contribution in [0.25, 0.3) is 21.7 Å². The molecule has 0 aliphatic rings. The number of benzene rings is 1. The molecular formula is C12H6BrClN2. The van der Waals surface area contributed by atoms with Gasteiger partial charge in [-0.3, -0.25) is 4.98 Å². The van der Waals surface area contributed by atoms with Crippen molar-refractivity contribution in [3.63, 3.8) is 0 Å². The largest absolute Gasteiger partial charge is 0.255 e. The average molecular weight is 294 g/mol. The van der Waals surface area contributed by atoms with Gasteiger partial charge in [-0.1, -0.05) is 27.5 Å². The van der Waals surface area contributed by atoms with Gasteiger partial charge in [0.05, 0.1) is 5.52 Å². The lowest BCUT2D eigenvalue weighted by molar-refractivity contribution is 1.35. The third kappa shape index (κ3) is 1.47. The van der Waals surface area contributed by atoms with Gasteiger partial charge in [0.1, 0.15) is 5.15 Å². The molecule has 0 unspecified atom stereocenters. The molecule has 3 rings (SSSR count). The lowest BCUT2D eigenvalue weighted by atomic mass is 10.1. The van der Waals surface area contributed by atoms with Crippen molar-refractivity contribution in [3.8, 4) is 0 Å². The van der Waals surface area contributed by atoms with Crippen molar-refractivity contribution >= 4 is 49.2 Å². The number of fused-ring (bicyclic) bond motifs is 3. The molecule has 2 aromatic heterocycles. The number of halogens is 2. The molecule has 0 amide bonds. The van der Waals surface area contributed by atoms with Gasteiger partial charge in [0, 0.05) is 27.6 Å². The summed E-state index contributed by atoms with van der Waals surface area (Å²) in [6, 6.07) is 7.95. The highest BCUT2D eigenvalue weighted by Gasteiger charge is 2.05. The highest BCUT2D eigenvalue weighted by atomic mass is 79.9. The van der Waals surface area contributed by atoms with Crippen molar-refractivity contribution in [1.29, 1.82) is 0 Å². The van der Waals surface area contributed by atoms with E-state index in [1.54, 1.807) is 12.4 Å². The van der Waals surface area contributed by atoms with E-state index < -0.39 is 0 Å². The van der Waals surface area contributed by atoms with E-state index in [-0.39, 0.29) is 0 Å². The van der Waals surface area contributed by atoms with Gasteiger partial charge in [-0.25, -0.2) is 4.98 Å². The third-order valence-corrected chi connectivity index (χ3v) is 3.32. The van der Waals surface area contributed by atoms with Crippen LogP contribution in [-0.2, 0) is 0 Å². The second kappa shape index (κ2) is 3.68. The quantitative estimate of drug-likeness (QED) is 0.458. The van der Waals surface area contributed by atoms with E-state index in [0.717, 1.165) is 26.1 Å². The van der Waals surface area contributed by atoms with E-state index in [1.807, 2.05) is 24.3 Å². The van der Waals surface area contributed by atoms with E-state index in [1.165, 1.54) is 0 Å². The van der Waals surface area contributed by atoms with Crippen LogP contribution in [0, 0.1) is 0 Å². The van der Waals surface area contributed by atoms with Crippen molar-refractivity contribution < 1.29 is 0 Å². The molecular weight excluding hydrogens is 288 g/mol. The maximum atomic E-state index is 6.03. The molecule has 0 saturated carbocycles. The Hall–Kier alpha value is -1.19. The first-order chi connectivity index (χ1) is 7.75. The molecule has 3 aromatic rings. The van der Waals surface area contributed by atoms with E-state index in [9.17, 15) is 0 Å². The van der Waals surface area contributed by atoms with Crippen molar-refractivity contribution in [2.75, 3.05) is 0 Å².